The van der Waals surface area contributed by atoms with Crippen molar-refractivity contribution < 1.29 is 4.74 Å². The molecule has 102 valence electrons. The summed E-state index contributed by atoms with van der Waals surface area (Å²) in [5.74, 6) is 0.868. The fourth-order valence-electron chi connectivity index (χ4n) is 1.97. The highest BCUT2D eigenvalue weighted by atomic mass is 16.5. The first-order chi connectivity index (χ1) is 9.17. The third-order valence-electron chi connectivity index (χ3n) is 3.17. The summed E-state index contributed by atoms with van der Waals surface area (Å²) < 4.78 is 7.28. The largest absolute Gasteiger partial charge is 0.494 e. The van der Waals surface area contributed by atoms with Crippen LogP contribution in [0.5, 0.6) is 5.75 Å². The Morgan fingerprint density at radius 2 is 2.00 bits per heavy atom. The first kappa shape index (κ1) is 13.5. The highest BCUT2D eigenvalue weighted by molar-refractivity contribution is 5.38. The number of aromatic nitrogens is 3. The third kappa shape index (κ3) is 2.76. The molecule has 0 bridgehead atoms. The Kier molecular flexibility index (Phi) is 4.16. The van der Waals surface area contributed by atoms with Crippen molar-refractivity contribution in [2.75, 3.05) is 13.7 Å². The van der Waals surface area contributed by atoms with Crippen LogP contribution in [0.1, 0.15) is 31.3 Å². The molecule has 2 aromatic rings. The lowest BCUT2D eigenvalue weighted by Gasteiger charge is -2.09. The lowest BCUT2D eigenvalue weighted by molar-refractivity contribution is 0.340. The Hall–Kier alpha value is -1.88. The maximum Gasteiger partial charge on any atom is 0.119 e. The second-order valence-electron chi connectivity index (χ2n) is 4.41. The van der Waals surface area contributed by atoms with Gasteiger partial charge in [-0.25, -0.2) is 4.68 Å². The molecule has 1 aromatic carbocycles. The standard InChI is InChI=1S/C14H20N4O/c1-5-19-13-8-6-12(7-9-13)18-11(3)14(16-17-18)10(2)15-4/h6-10,15H,5H2,1-4H3. The van der Waals surface area contributed by atoms with Crippen LogP contribution >= 0.6 is 0 Å². The molecule has 1 heterocycles. The maximum atomic E-state index is 5.43. The van der Waals surface area contributed by atoms with Gasteiger partial charge < -0.3 is 10.1 Å². The van der Waals surface area contributed by atoms with Crippen molar-refractivity contribution in [3.05, 3.63) is 35.7 Å². The third-order valence-corrected chi connectivity index (χ3v) is 3.17. The van der Waals surface area contributed by atoms with E-state index in [-0.39, 0.29) is 6.04 Å². The monoisotopic (exact) mass is 260 g/mol. The average Bonchev–Trinajstić information content (AvgIpc) is 2.81. The Labute approximate surface area is 113 Å². The summed E-state index contributed by atoms with van der Waals surface area (Å²) >= 11 is 0. The molecule has 1 N–H and O–H groups in total. The highest BCUT2D eigenvalue weighted by Crippen LogP contribution is 2.19. The van der Waals surface area contributed by atoms with E-state index in [1.54, 1.807) is 0 Å². The van der Waals surface area contributed by atoms with E-state index in [1.165, 1.54) is 0 Å². The molecule has 1 unspecified atom stereocenters. The molecule has 0 fully saturated rings. The minimum atomic E-state index is 0.191. The molecule has 0 amide bonds. The van der Waals surface area contributed by atoms with Crippen LogP contribution < -0.4 is 10.1 Å². The molecule has 0 aliphatic rings. The summed E-state index contributed by atoms with van der Waals surface area (Å²) in [6, 6.07) is 8.06. The summed E-state index contributed by atoms with van der Waals surface area (Å²) in [5.41, 5.74) is 3.01. The van der Waals surface area contributed by atoms with E-state index in [0.717, 1.165) is 22.8 Å². The van der Waals surface area contributed by atoms with E-state index in [9.17, 15) is 0 Å². The maximum absolute atomic E-state index is 5.43. The molecule has 0 spiro atoms. The summed E-state index contributed by atoms with van der Waals surface area (Å²) in [5, 5.41) is 11.6. The second kappa shape index (κ2) is 5.84. The normalized spacial score (nSPS) is 12.4. The molecule has 0 saturated heterocycles. The van der Waals surface area contributed by atoms with E-state index in [0.29, 0.717) is 6.61 Å². The molecule has 0 aliphatic heterocycles. The Morgan fingerprint density at radius 1 is 1.32 bits per heavy atom. The van der Waals surface area contributed by atoms with Crippen molar-refractivity contribution in [2.24, 2.45) is 0 Å². The molecule has 0 aliphatic carbocycles. The van der Waals surface area contributed by atoms with E-state index >= 15 is 0 Å². The van der Waals surface area contributed by atoms with Gasteiger partial charge >= 0.3 is 0 Å². The molecule has 5 heteroatoms. The van der Waals surface area contributed by atoms with E-state index in [2.05, 4.69) is 22.6 Å². The van der Waals surface area contributed by atoms with Crippen molar-refractivity contribution in [3.63, 3.8) is 0 Å². The van der Waals surface area contributed by atoms with Crippen LogP contribution in [0.4, 0.5) is 0 Å². The van der Waals surface area contributed by atoms with Gasteiger partial charge in [-0.15, -0.1) is 5.10 Å². The van der Waals surface area contributed by atoms with Crippen LogP contribution in [-0.4, -0.2) is 28.6 Å². The highest BCUT2D eigenvalue weighted by Gasteiger charge is 2.14. The van der Waals surface area contributed by atoms with Gasteiger partial charge in [0.2, 0.25) is 0 Å². The average molecular weight is 260 g/mol. The fourth-order valence-corrected chi connectivity index (χ4v) is 1.97. The van der Waals surface area contributed by atoms with Gasteiger partial charge in [0.05, 0.1) is 24.0 Å². The molecular weight excluding hydrogens is 240 g/mol. The van der Waals surface area contributed by atoms with Gasteiger partial charge in [-0.3, -0.25) is 0 Å². The lowest BCUT2D eigenvalue weighted by atomic mass is 10.2. The van der Waals surface area contributed by atoms with Crippen LogP contribution in [0.3, 0.4) is 0 Å². The van der Waals surface area contributed by atoms with Gasteiger partial charge in [0, 0.05) is 0 Å². The molecule has 1 aromatic heterocycles. The number of hydrogen-bond donors (Lipinski definition) is 1. The quantitative estimate of drug-likeness (QED) is 0.896. The van der Waals surface area contributed by atoms with E-state index in [4.69, 9.17) is 4.74 Å². The Balaban J connectivity index is 2.29. The number of rotatable bonds is 5. The summed E-state index contributed by atoms with van der Waals surface area (Å²) in [6.45, 7) is 6.74. The number of ether oxygens (including phenoxy) is 1. The van der Waals surface area contributed by atoms with Gasteiger partial charge in [0.15, 0.2) is 0 Å². The van der Waals surface area contributed by atoms with Crippen molar-refractivity contribution in [2.45, 2.75) is 26.8 Å². The first-order valence-corrected chi connectivity index (χ1v) is 6.50. The van der Waals surface area contributed by atoms with E-state index in [1.807, 2.05) is 49.8 Å². The zero-order valence-electron chi connectivity index (χ0n) is 11.8. The van der Waals surface area contributed by atoms with Crippen molar-refractivity contribution in [1.82, 2.24) is 20.3 Å². The summed E-state index contributed by atoms with van der Waals surface area (Å²) in [6.07, 6.45) is 0. The van der Waals surface area contributed by atoms with Crippen molar-refractivity contribution in [3.8, 4) is 11.4 Å². The van der Waals surface area contributed by atoms with E-state index < -0.39 is 0 Å². The van der Waals surface area contributed by atoms with Gasteiger partial charge in [0.25, 0.3) is 0 Å². The first-order valence-electron chi connectivity index (χ1n) is 6.50. The molecular formula is C14H20N4O. The number of nitrogens with one attached hydrogen (secondary N) is 1. The van der Waals surface area contributed by atoms with Crippen LogP contribution in [0.2, 0.25) is 0 Å². The second-order valence-corrected chi connectivity index (χ2v) is 4.41. The van der Waals surface area contributed by atoms with Crippen LogP contribution in [-0.2, 0) is 0 Å². The molecule has 2 rings (SSSR count). The summed E-state index contributed by atoms with van der Waals surface area (Å²) in [7, 11) is 1.92. The fraction of sp³-hybridized carbons (Fsp3) is 0.429. The van der Waals surface area contributed by atoms with Crippen molar-refractivity contribution >= 4 is 0 Å². The molecule has 19 heavy (non-hydrogen) atoms. The minimum Gasteiger partial charge on any atom is -0.494 e. The Bertz CT molecular complexity index is 533. The Morgan fingerprint density at radius 3 is 2.58 bits per heavy atom. The van der Waals surface area contributed by atoms with Gasteiger partial charge in [-0.05, 0) is 52.1 Å². The zero-order chi connectivity index (χ0) is 13.8. The van der Waals surface area contributed by atoms with Crippen LogP contribution in [0.25, 0.3) is 5.69 Å². The predicted octanol–water partition coefficient (Wildman–Crippen LogP) is 2.25. The SMILES string of the molecule is CCOc1ccc(-n2nnc(C(C)NC)c2C)cc1. The lowest BCUT2D eigenvalue weighted by Crippen LogP contribution is -2.14. The molecule has 0 saturated carbocycles. The van der Waals surface area contributed by atoms with Crippen LogP contribution in [0.15, 0.2) is 24.3 Å². The molecule has 0 radical (unpaired) electrons. The van der Waals surface area contributed by atoms with Gasteiger partial charge in [-0.2, -0.15) is 0 Å². The number of nitrogens with zero attached hydrogens (tertiary/aromatic N) is 3. The van der Waals surface area contributed by atoms with Crippen LogP contribution in [0, 0.1) is 6.92 Å². The van der Waals surface area contributed by atoms with Crippen molar-refractivity contribution in [1.29, 1.82) is 0 Å². The smallest absolute Gasteiger partial charge is 0.119 e. The molecule has 5 nitrogen and oxygen atoms in total. The molecule has 1 atom stereocenters. The summed E-state index contributed by atoms with van der Waals surface area (Å²) in [4.78, 5) is 0. The topological polar surface area (TPSA) is 52.0 Å². The van der Waals surface area contributed by atoms with Gasteiger partial charge in [0.1, 0.15) is 11.4 Å². The minimum absolute atomic E-state index is 0.191. The number of hydrogen-bond acceptors (Lipinski definition) is 4. The van der Waals surface area contributed by atoms with Gasteiger partial charge in [-0.1, -0.05) is 5.21 Å². The predicted molar refractivity (Wildman–Crippen MR) is 74.7 cm³/mol. The zero-order valence-corrected chi connectivity index (χ0v) is 11.8. The number of benzene rings is 1.